The van der Waals surface area contributed by atoms with Crippen molar-refractivity contribution in [3.8, 4) is 10.4 Å². The summed E-state index contributed by atoms with van der Waals surface area (Å²) in [6.45, 7) is 0.847. The Bertz CT molecular complexity index is 589. The molecule has 2 N–H and O–H groups in total. The highest BCUT2D eigenvalue weighted by atomic mass is 32.1. The molecule has 3 nitrogen and oxygen atoms in total. The van der Waals surface area contributed by atoms with Crippen LogP contribution in [0.15, 0.2) is 30.3 Å². The predicted molar refractivity (Wildman–Crippen MR) is 68.9 cm³/mol. The lowest BCUT2D eigenvalue weighted by molar-refractivity contribution is 0.0702. The van der Waals surface area contributed by atoms with Crippen LogP contribution in [0.2, 0.25) is 0 Å². The number of carbonyl (C=O) groups is 1. The molecule has 0 amide bonds. The van der Waals surface area contributed by atoms with E-state index in [1.54, 1.807) is 6.07 Å². The fourth-order valence-electron chi connectivity index (χ4n) is 2.11. The molecule has 0 saturated carbocycles. The Morgan fingerprint density at radius 2 is 2.18 bits per heavy atom. The molecule has 0 unspecified atom stereocenters. The second-order valence-electron chi connectivity index (χ2n) is 3.99. The number of para-hydroxylation sites is 1. The van der Waals surface area contributed by atoms with Crippen molar-refractivity contribution in [2.24, 2.45) is 0 Å². The van der Waals surface area contributed by atoms with Crippen molar-refractivity contribution < 1.29 is 9.90 Å². The van der Waals surface area contributed by atoms with Crippen LogP contribution in [0.1, 0.15) is 15.2 Å². The third-order valence-corrected chi connectivity index (χ3v) is 4.10. The van der Waals surface area contributed by atoms with E-state index in [0.29, 0.717) is 4.88 Å². The molecule has 1 aromatic heterocycles. The molecule has 4 heteroatoms. The Morgan fingerprint density at radius 3 is 3.00 bits per heavy atom. The minimum atomic E-state index is -0.839. The summed E-state index contributed by atoms with van der Waals surface area (Å²) >= 11 is 1.36. The minimum absolute atomic E-state index is 0.423. The number of thiophene rings is 1. The van der Waals surface area contributed by atoms with Gasteiger partial charge in [-0.15, -0.1) is 11.3 Å². The molecule has 17 heavy (non-hydrogen) atoms. The molecule has 2 aromatic rings. The van der Waals surface area contributed by atoms with Crippen LogP contribution in [0.5, 0.6) is 0 Å². The highest BCUT2D eigenvalue weighted by Crippen LogP contribution is 2.39. The van der Waals surface area contributed by atoms with Gasteiger partial charge in [-0.05, 0) is 24.1 Å². The summed E-state index contributed by atoms with van der Waals surface area (Å²) < 4.78 is 0. The molecule has 1 aliphatic rings. The average Bonchev–Trinajstić information content (AvgIpc) is 2.67. The van der Waals surface area contributed by atoms with Crippen LogP contribution in [0.3, 0.4) is 0 Å². The Balaban J connectivity index is 2.21. The number of benzene rings is 1. The first-order chi connectivity index (χ1) is 8.25. The maximum atomic E-state index is 11.0. The van der Waals surface area contributed by atoms with Crippen LogP contribution >= 0.6 is 11.3 Å². The van der Waals surface area contributed by atoms with E-state index >= 15 is 0 Å². The fraction of sp³-hybridized carbons (Fsp3) is 0.154. The van der Waals surface area contributed by atoms with Gasteiger partial charge in [0.25, 0.3) is 0 Å². The third kappa shape index (κ3) is 1.70. The van der Waals surface area contributed by atoms with E-state index in [9.17, 15) is 4.79 Å². The van der Waals surface area contributed by atoms with Crippen LogP contribution < -0.4 is 5.32 Å². The summed E-state index contributed by atoms with van der Waals surface area (Å²) in [7, 11) is 0. The predicted octanol–water partition coefficient (Wildman–Crippen LogP) is 3.08. The van der Waals surface area contributed by atoms with Gasteiger partial charge in [-0.2, -0.15) is 0 Å². The lowest BCUT2D eigenvalue weighted by atomic mass is 10.1. The Kier molecular flexibility index (Phi) is 2.37. The van der Waals surface area contributed by atoms with Crippen molar-refractivity contribution in [1.82, 2.24) is 0 Å². The molecule has 0 bridgehead atoms. The summed E-state index contributed by atoms with van der Waals surface area (Å²) in [5, 5.41) is 12.4. The van der Waals surface area contributed by atoms with Crippen LogP contribution in [0.25, 0.3) is 10.4 Å². The van der Waals surface area contributed by atoms with Gasteiger partial charge in [0.05, 0.1) is 0 Å². The van der Waals surface area contributed by atoms with Crippen LogP contribution in [-0.4, -0.2) is 17.6 Å². The van der Waals surface area contributed by atoms with Gasteiger partial charge in [0.15, 0.2) is 0 Å². The van der Waals surface area contributed by atoms with Gasteiger partial charge in [0.2, 0.25) is 0 Å². The first kappa shape index (κ1) is 10.4. The standard InChI is InChI=1S/C13H11NO2S/c15-13(16)11-7-8-5-6-14-10-4-2-1-3-9(10)12(8)17-11/h1-4,7,14H,5-6H2,(H,15,16). The molecule has 0 aliphatic carbocycles. The molecular weight excluding hydrogens is 234 g/mol. The van der Waals surface area contributed by atoms with Gasteiger partial charge in [-0.3, -0.25) is 0 Å². The molecule has 0 fully saturated rings. The topological polar surface area (TPSA) is 49.3 Å². The summed E-state index contributed by atoms with van der Waals surface area (Å²) in [4.78, 5) is 12.5. The van der Waals surface area contributed by atoms with Crippen LogP contribution in [-0.2, 0) is 6.42 Å². The number of hydrogen-bond acceptors (Lipinski definition) is 3. The molecule has 0 spiro atoms. The van der Waals surface area contributed by atoms with Crippen molar-refractivity contribution in [3.63, 3.8) is 0 Å². The third-order valence-electron chi connectivity index (χ3n) is 2.90. The van der Waals surface area contributed by atoms with Gasteiger partial charge in [0, 0.05) is 22.7 Å². The summed E-state index contributed by atoms with van der Waals surface area (Å²) in [6.07, 6.45) is 0.869. The van der Waals surface area contributed by atoms with Gasteiger partial charge in [0.1, 0.15) is 4.88 Å². The van der Waals surface area contributed by atoms with Crippen molar-refractivity contribution >= 4 is 23.0 Å². The van der Waals surface area contributed by atoms with E-state index in [2.05, 4.69) is 5.32 Å². The van der Waals surface area contributed by atoms with E-state index in [-0.39, 0.29) is 0 Å². The smallest absolute Gasteiger partial charge is 0.345 e. The fourth-order valence-corrected chi connectivity index (χ4v) is 3.20. The molecule has 1 aromatic carbocycles. The van der Waals surface area contributed by atoms with E-state index in [1.165, 1.54) is 11.3 Å². The second-order valence-corrected chi connectivity index (χ2v) is 5.04. The Labute approximate surface area is 103 Å². The number of carboxylic acid groups (broad SMARTS) is 1. The monoisotopic (exact) mass is 245 g/mol. The quantitative estimate of drug-likeness (QED) is 0.811. The van der Waals surface area contributed by atoms with E-state index in [4.69, 9.17) is 5.11 Å². The molecule has 86 valence electrons. The largest absolute Gasteiger partial charge is 0.477 e. The number of nitrogens with one attached hydrogen (secondary N) is 1. The van der Waals surface area contributed by atoms with E-state index in [1.807, 2.05) is 24.3 Å². The van der Waals surface area contributed by atoms with Gasteiger partial charge in [-0.25, -0.2) is 4.79 Å². The molecule has 3 rings (SSSR count). The second kappa shape index (κ2) is 3.89. The van der Waals surface area contributed by atoms with Crippen molar-refractivity contribution in [2.75, 3.05) is 11.9 Å². The molecule has 2 heterocycles. The number of fused-ring (bicyclic) bond motifs is 3. The van der Waals surface area contributed by atoms with Crippen LogP contribution in [0.4, 0.5) is 5.69 Å². The number of aromatic carboxylic acids is 1. The van der Waals surface area contributed by atoms with Crippen molar-refractivity contribution in [2.45, 2.75) is 6.42 Å². The van der Waals surface area contributed by atoms with Crippen molar-refractivity contribution in [1.29, 1.82) is 0 Å². The number of hydrogen-bond donors (Lipinski definition) is 2. The maximum absolute atomic E-state index is 11.0. The van der Waals surface area contributed by atoms with Crippen LogP contribution in [0, 0.1) is 0 Å². The zero-order chi connectivity index (χ0) is 11.8. The normalized spacial score (nSPS) is 13.2. The maximum Gasteiger partial charge on any atom is 0.345 e. The Morgan fingerprint density at radius 1 is 1.35 bits per heavy atom. The number of carboxylic acids is 1. The molecular formula is C13H11NO2S. The Hall–Kier alpha value is -1.81. The SMILES string of the molecule is O=C(O)c1cc2c(s1)-c1ccccc1NCC2. The molecule has 1 aliphatic heterocycles. The summed E-state index contributed by atoms with van der Waals surface area (Å²) in [6, 6.07) is 9.84. The average molecular weight is 245 g/mol. The molecule has 0 radical (unpaired) electrons. The highest BCUT2D eigenvalue weighted by molar-refractivity contribution is 7.17. The van der Waals surface area contributed by atoms with Gasteiger partial charge < -0.3 is 10.4 Å². The first-order valence-electron chi connectivity index (χ1n) is 5.45. The molecule has 0 saturated heterocycles. The zero-order valence-corrected chi connectivity index (χ0v) is 9.88. The summed E-state index contributed by atoms with van der Waals surface area (Å²) in [5.41, 5.74) is 3.33. The lowest BCUT2D eigenvalue weighted by Gasteiger charge is -2.06. The first-order valence-corrected chi connectivity index (χ1v) is 6.26. The number of anilines is 1. The van der Waals surface area contributed by atoms with Gasteiger partial charge in [-0.1, -0.05) is 18.2 Å². The molecule has 0 atom stereocenters. The lowest BCUT2D eigenvalue weighted by Crippen LogP contribution is -2.02. The number of rotatable bonds is 1. The minimum Gasteiger partial charge on any atom is -0.477 e. The van der Waals surface area contributed by atoms with Gasteiger partial charge >= 0.3 is 5.97 Å². The zero-order valence-electron chi connectivity index (χ0n) is 9.06. The van der Waals surface area contributed by atoms with E-state index < -0.39 is 5.97 Å². The van der Waals surface area contributed by atoms with E-state index in [0.717, 1.165) is 34.7 Å². The summed E-state index contributed by atoms with van der Waals surface area (Å²) in [5.74, 6) is -0.839. The van der Waals surface area contributed by atoms with Crippen molar-refractivity contribution in [3.05, 3.63) is 40.8 Å². The highest BCUT2D eigenvalue weighted by Gasteiger charge is 2.19.